The lowest BCUT2D eigenvalue weighted by molar-refractivity contribution is 0.430. The summed E-state index contributed by atoms with van der Waals surface area (Å²) in [6, 6.07) is 6.65. The molecule has 0 spiro atoms. The molecule has 0 aliphatic carbocycles. The van der Waals surface area contributed by atoms with Crippen LogP contribution >= 0.6 is 12.6 Å². The van der Waals surface area contributed by atoms with Gasteiger partial charge < -0.3 is 4.90 Å². The van der Waals surface area contributed by atoms with Crippen molar-refractivity contribution in [1.29, 1.82) is 0 Å². The lowest BCUT2D eigenvalue weighted by atomic mass is 9.95. The Hall–Kier alpha value is -0.700. The minimum atomic E-state index is -0.192. The first-order valence-electron chi connectivity index (χ1n) is 5.02. The van der Waals surface area contributed by atoms with Crippen molar-refractivity contribution in [3.05, 3.63) is 30.1 Å². The van der Waals surface area contributed by atoms with E-state index >= 15 is 0 Å². The lowest BCUT2D eigenvalue weighted by Gasteiger charge is -2.30. The highest BCUT2D eigenvalue weighted by atomic mass is 32.1. The van der Waals surface area contributed by atoms with Crippen LogP contribution in [0.1, 0.15) is 13.8 Å². The number of hydrogen-bond donors (Lipinski definition) is 1. The second kappa shape index (κ2) is 4.88. The van der Waals surface area contributed by atoms with Crippen LogP contribution in [0.4, 0.5) is 10.1 Å². The third kappa shape index (κ3) is 3.74. The molecule has 0 aromatic heterocycles. The molecule has 0 aliphatic heterocycles. The van der Waals surface area contributed by atoms with Crippen LogP contribution in [0.15, 0.2) is 24.3 Å². The van der Waals surface area contributed by atoms with E-state index in [1.807, 2.05) is 13.1 Å². The van der Waals surface area contributed by atoms with E-state index in [9.17, 15) is 4.39 Å². The van der Waals surface area contributed by atoms with E-state index in [1.165, 1.54) is 6.07 Å². The molecule has 84 valence electrons. The van der Waals surface area contributed by atoms with E-state index in [2.05, 4.69) is 31.4 Å². The van der Waals surface area contributed by atoms with Crippen molar-refractivity contribution in [1.82, 2.24) is 0 Å². The zero-order chi connectivity index (χ0) is 11.5. The Labute approximate surface area is 96.7 Å². The highest BCUT2D eigenvalue weighted by molar-refractivity contribution is 7.80. The quantitative estimate of drug-likeness (QED) is 0.773. The van der Waals surface area contributed by atoms with Crippen molar-refractivity contribution in [3.63, 3.8) is 0 Å². The van der Waals surface area contributed by atoms with Gasteiger partial charge in [-0.3, -0.25) is 0 Å². The molecule has 0 bridgehead atoms. The average Bonchev–Trinajstić information content (AvgIpc) is 2.17. The molecule has 0 fully saturated rings. The second-order valence-electron chi connectivity index (χ2n) is 4.66. The molecule has 0 aliphatic rings. The molecule has 3 heteroatoms. The zero-order valence-electron chi connectivity index (χ0n) is 9.50. The van der Waals surface area contributed by atoms with Gasteiger partial charge in [0.2, 0.25) is 0 Å². The van der Waals surface area contributed by atoms with Crippen LogP contribution in [-0.2, 0) is 0 Å². The summed E-state index contributed by atoms with van der Waals surface area (Å²) in [5.74, 6) is 0.621. The van der Waals surface area contributed by atoms with Gasteiger partial charge >= 0.3 is 0 Å². The summed E-state index contributed by atoms with van der Waals surface area (Å²) in [5.41, 5.74) is 1.04. The number of benzene rings is 1. The fraction of sp³-hybridized carbons (Fsp3) is 0.500. The summed E-state index contributed by atoms with van der Waals surface area (Å²) < 4.78 is 13.0. The molecule has 15 heavy (non-hydrogen) atoms. The predicted octanol–water partition coefficient (Wildman–Crippen LogP) is 3.22. The molecule has 1 nitrogen and oxygen atoms in total. The number of hydrogen-bond acceptors (Lipinski definition) is 2. The largest absolute Gasteiger partial charge is 0.374 e. The molecule has 0 atom stereocenters. The fourth-order valence-electron chi connectivity index (χ4n) is 1.50. The van der Waals surface area contributed by atoms with E-state index < -0.39 is 0 Å². The van der Waals surface area contributed by atoms with E-state index in [4.69, 9.17) is 0 Å². The van der Waals surface area contributed by atoms with Crippen LogP contribution in [0.25, 0.3) is 0 Å². The molecule has 0 saturated heterocycles. The van der Waals surface area contributed by atoms with E-state index in [0.29, 0.717) is 0 Å². The summed E-state index contributed by atoms with van der Waals surface area (Å²) in [4.78, 5) is 2.05. The number of rotatable bonds is 4. The Morgan fingerprint density at radius 3 is 2.60 bits per heavy atom. The zero-order valence-corrected chi connectivity index (χ0v) is 10.4. The van der Waals surface area contributed by atoms with Gasteiger partial charge in [-0.25, -0.2) is 4.39 Å². The van der Waals surface area contributed by atoms with Crippen LogP contribution in [0.5, 0.6) is 0 Å². The molecule has 1 aromatic rings. The molecule has 0 unspecified atom stereocenters. The van der Waals surface area contributed by atoms with E-state index in [1.54, 1.807) is 12.1 Å². The average molecular weight is 227 g/mol. The Morgan fingerprint density at radius 1 is 1.40 bits per heavy atom. The molecular weight excluding hydrogens is 209 g/mol. The molecule has 0 heterocycles. The Kier molecular flexibility index (Phi) is 4.03. The predicted molar refractivity (Wildman–Crippen MR) is 67.3 cm³/mol. The summed E-state index contributed by atoms with van der Waals surface area (Å²) in [7, 11) is 1.97. The van der Waals surface area contributed by atoms with Crippen molar-refractivity contribution in [2.45, 2.75) is 13.8 Å². The van der Waals surface area contributed by atoms with Crippen LogP contribution < -0.4 is 4.90 Å². The van der Waals surface area contributed by atoms with Crippen LogP contribution in [0.2, 0.25) is 0 Å². The van der Waals surface area contributed by atoms with Crippen LogP contribution in [0.3, 0.4) is 0 Å². The molecule has 0 saturated carbocycles. The smallest absolute Gasteiger partial charge is 0.125 e. The lowest BCUT2D eigenvalue weighted by Crippen LogP contribution is -2.32. The van der Waals surface area contributed by atoms with Gasteiger partial charge in [-0.15, -0.1) is 0 Å². The van der Waals surface area contributed by atoms with Gasteiger partial charge in [0, 0.05) is 19.3 Å². The molecule has 1 rings (SSSR count). The van der Waals surface area contributed by atoms with Gasteiger partial charge in [-0.1, -0.05) is 19.9 Å². The Bertz CT molecular complexity index is 325. The van der Waals surface area contributed by atoms with Crippen molar-refractivity contribution >= 4 is 18.3 Å². The monoisotopic (exact) mass is 227 g/mol. The normalized spacial score (nSPS) is 11.5. The first-order valence-corrected chi connectivity index (χ1v) is 5.65. The number of thiol groups is 1. The summed E-state index contributed by atoms with van der Waals surface area (Å²) >= 11 is 4.31. The van der Waals surface area contributed by atoms with Gasteiger partial charge in [0.15, 0.2) is 0 Å². The van der Waals surface area contributed by atoms with Crippen molar-refractivity contribution in [2.24, 2.45) is 5.41 Å². The first kappa shape index (κ1) is 12.4. The number of nitrogens with zero attached hydrogens (tertiary/aromatic N) is 1. The van der Waals surface area contributed by atoms with Gasteiger partial charge in [-0.2, -0.15) is 12.6 Å². The molecule has 0 radical (unpaired) electrons. The summed E-state index contributed by atoms with van der Waals surface area (Å²) in [5, 5.41) is 0. The van der Waals surface area contributed by atoms with E-state index in [-0.39, 0.29) is 11.2 Å². The van der Waals surface area contributed by atoms with Crippen molar-refractivity contribution in [2.75, 3.05) is 24.2 Å². The maximum Gasteiger partial charge on any atom is 0.125 e. The summed E-state index contributed by atoms with van der Waals surface area (Å²) in [6.45, 7) is 5.16. The molecular formula is C12H18FNS. The fourth-order valence-corrected chi connectivity index (χ4v) is 1.60. The molecule has 0 amide bonds. The van der Waals surface area contributed by atoms with Crippen molar-refractivity contribution in [3.8, 4) is 0 Å². The van der Waals surface area contributed by atoms with Gasteiger partial charge in [0.1, 0.15) is 5.82 Å². The second-order valence-corrected chi connectivity index (χ2v) is 4.97. The minimum absolute atomic E-state index is 0.129. The molecule has 0 N–H and O–H groups in total. The van der Waals surface area contributed by atoms with Gasteiger partial charge in [0.05, 0.1) is 0 Å². The van der Waals surface area contributed by atoms with Crippen LogP contribution in [-0.4, -0.2) is 19.3 Å². The number of anilines is 1. The topological polar surface area (TPSA) is 3.24 Å². The SMILES string of the molecule is CN(CC(C)(C)CS)c1cccc(F)c1. The molecule has 1 aromatic carbocycles. The van der Waals surface area contributed by atoms with E-state index in [0.717, 1.165) is 18.0 Å². The maximum absolute atomic E-state index is 13.0. The maximum atomic E-state index is 13.0. The first-order chi connectivity index (χ1) is 6.94. The third-order valence-corrected chi connectivity index (χ3v) is 3.20. The summed E-state index contributed by atoms with van der Waals surface area (Å²) in [6.07, 6.45) is 0. The highest BCUT2D eigenvalue weighted by Crippen LogP contribution is 2.22. The third-order valence-electron chi connectivity index (χ3n) is 2.34. The Balaban J connectivity index is 2.73. The minimum Gasteiger partial charge on any atom is -0.374 e. The Morgan fingerprint density at radius 2 is 2.07 bits per heavy atom. The highest BCUT2D eigenvalue weighted by Gasteiger charge is 2.18. The number of halogens is 1. The standard InChI is InChI=1S/C12H18FNS/c1-12(2,9-15)8-14(3)11-6-4-5-10(13)7-11/h4-7,15H,8-9H2,1-3H3. The van der Waals surface area contributed by atoms with Gasteiger partial charge in [0.25, 0.3) is 0 Å². The van der Waals surface area contributed by atoms with Gasteiger partial charge in [-0.05, 0) is 29.4 Å². The van der Waals surface area contributed by atoms with Crippen molar-refractivity contribution < 1.29 is 4.39 Å². The van der Waals surface area contributed by atoms with Crippen LogP contribution in [0, 0.1) is 11.2 Å².